The maximum Gasteiger partial charge on any atom is 0.225 e. The molecule has 1 saturated heterocycles. The normalized spacial score (nSPS) is 15.7. The van der Waals surface area contributed by atoms with E-state index in [-0.39, 0.29) is 5.91 Å². The summed E-state index contributed by atoms with van der Waals surface area (Å²) in [6.07, 6.45) is 2.97. The van der Waals surface area contributed by atoms with Crippen molar-refractivity contribution >= 4 is 11.6 Å². The van der Waals surface area contributed by atoms with E-state index in [0.29, 0.717) is 17.9 Å². The van der Waals surface area contributed by atoms with Gasteiger partial charge in [0.25, 0.3) is 0 Å². The number of hydrogen-bond donors (Lipinski definition) is 1. The molecular weight excluding hydrogens is 312 g/mol. The summed E-state index contributed by atoms with van der Waals surface area (Å²) in [7, 11) is 0. The van der Waals surface area contributed by atoms with Crippen LogP contribution in [0, 0.1) is 5.92 Å². The van der Waals surface area contributed by atoms with Crippen molar-refractivity contribution < 1.29 is 9.53 Å². The first kappa shape index (κ1) is 17.5. The Morgan fingerprint density at radius 2 is 1.76 bits per heavy atom. The predicted octanol–water partition coefficient (Wildman–Crippen LogP) is 4.54. The Balaban J connectivity index is 1.54. The smallest absolute Gasteiger partial charge is 0.225 e. The van der Waals surface area contributed by atoms with Gasteiger partial charge in [0.05, 0.1) is 5.69 Å². The van der Waals surface area contributed by atoms with E-state index in [1.165, 1.54) is 12.8 Å². The number of hydrogen-bond acceptors (Lipinski definition) is 3. The number of rotatable bonds is 6. The summed E-state index contributed by atoms with van der Waals surface area (Å²) < 4.78 is 5.89. The zero-order valence-corrected chi connectivity index (χ0v) is 14.8. The van der Waals surface area contributed by atoms with Crippen LogP contribution in [-0.2, 0) is 4.79 Å². The lowest BCUT2D eigenvalue weighted by molar-refractivity contribution is -0.116. The number of carbonyl (C=O) groups excluding carboxylic acids is 1. The number of nitrogens with one attached hydrogen (secondary N) is 1. The van der Waals surface area contributed by atoms with Gasteiger partial charge in [-0.25, -0.2) is 0 Å². The average Bonchev–Trinajstić information content (AvgIpc) is 2.64. The fraction of sp³-hybridized carbons (Fsp3) is 0.381. The maximum atomic E-state index is 12.3. The van der Waals surface area contributed by atoms with Gasteiger partial charge >= 0.3 is 0 Å². The van der Waals surface area contributed by atoms with Gasteiger partial charge in [-0.3, -0.25) is 4.79 Å². The van der Waals surface area contributed by atoms with Gasteiger partial charge in [0, 0.05) is 13.0 Å². The SMILES string of the molecule is CC1CCN(CCC(=O)Nc2ccccc2Oc2ccccc2)CC1. The Morgan fingerprint density at radius 1 is 1.08 bits per heavy atom. The number of piperidine rings is 1. The Hall–Kier alpha value is -2.33. The van der Waals surface area contributed by atoms with Gasteiger partial charge in [0.2, 0.25) is 5.91 Å². The highest BCUT2D eigenvalue weighted by Crippen LogP contribution is 2.29. The number of benzene rings is 2. The molecule has 3 rings (SSSR count). The minimum absolute atomic E-state index is 0.0303. The van der Waals surface area contributed by atoms with E-state index >= 15 is 0 Å². The molecule has 2 aromatic carbocycles. The molecule has 1 N–H and O–H groups in total. The van der Waals surface area contributed by atoms with Crippen molar-refractivity contribution in [3.63, 3.8) is 0 Å². The molecule has 2 aromatic rings. The second kappa shape index (κ2) is 8.67. The standard InChI is InChI=1S/C21H26N2O2/c1-17-11-14-23(15-12-17)16-13-21(24)22-19-9-5-6-10-20(19)25-18-7-3-2-4-8-18/h2-10,17H,11-16H2,1H3,(H,22,24). The third kappa shape index (κ3) is 5.33. The number of anilines is 1. The summed E-state index contributed by atoms with van der Waals surface area (Å²) in [5.41, 5.74) is 0.712. The van der Waals surface area contributed by atoms with E-state index in [1.807, 2.05) is 54.6 Å². The Kier molecular flexibility index (Phi) is 6.07. The van der Waals surface area contributed by atoms with Crippen molar-refractivity contribution in [2.24, 2.45) is 5.92 Å². The largest absolute Gasteiger partial charge is 0.455 e. The third-order valence-corrected chi connectivity index (χ3v) is 4.66. The van der Waals surface area contributed by atoms with Crippen LogP contribution >= 0.6 is 0 Å². The van der Waals surface area contributed by atoms with Gasteiger partial charge in [-0.1, -0.05) is 37.3 Å². The van der Waals surface area contributed by atoms with Crippen molar-refractivity contribution in [1.29, 1.82) is 0 Å². The first-order chi connectivity index (χ1) is 12.2. The Morgan fingerprint density at radius 3 is 2.52 bits per heavy atom. The third-order valence-electron chi connectivity index (χ3n) is 4.66. The number of ether oxygens (including phenoxy) is 1. The highest BCUT2D eigenvalue weighted by molar-refractivity contribution is 5.92. The van der Waals surface area contributed by atoms with Crippen molar-refractivity contribution in [2.45, 2.75) is 26.2 Å². The van der Waals surface area contributed by atoms with E-state index in [1.54, 1.807) is 0 Å². The van der Waals surface area contributed by atoms with E-state index in [4.69, 9.17) is 4.74 Å². The van der Waals surface area contributed by atoms with Crippen LogP contribution in [0.25, 0.3) is 0 Å². The molecule has 4 heteroatoms. The van der Waals surface area contributed by atoms with Crippen LogP contribution in [0.15, 0.2) is 54.6 Å². The summed E-state index contributed by atoms with van der Waals surface area (Å²) in [4.78, 5) is 14.7. The lowest BCUT2D eigenvalue weighted by Crippen LogP contribution is -2.35. The highest BCUT2D eigenvalue weighted by Gasteiger charge is 2.16. The topological polar surface area (TPSA) is 41.6 Å². The molecule has 0 radical (unpaired) electrons. The molecule has 1 heterocycles. The maximum absolute atomic E-state index is 12.3. The molecule has 1 aliphatic heterocycles. The molecule has 1 fully saturated rings. The number of amides is 1. The minimum atomic E-state index is 0.0303. The molecular formula is C21H26N2O2. The molecule has 0 spiro atoms. The second-order valence-electron chi connectivity index (χ2n) is 6.73. The first-order valence-electron chi connectivity index (χ1n) is 9.05. The van der Waals surface area contributed by atoms with Crippen LogP contribution in [0.2, 0.25) is 0 Å². The van der Waals surface area contributed by atoms with Crippen molar-refractivity contribution in [3.8, 4) is 11.5 Å². The van der Waals surface area contributed by atoms with E-state index in [9.17, 15) is 4.79 Å². The summed E-state index contributed by atoms with van der Waals surface area (Å²) in [6.45, 7) is 5.32. The van der Waals surface area contributed by atoms with Crippen LogP contribution in [0.1, 0.15) is 26.2 Å². The van der Waals surface area contributed by atoms with Crippen LogP contribution in [0.5, 0.6) is 11.5 Å². The van der Waals surface area contributed by atoms with Gasteiger partial charge in [0.15, 0.2) is 5.75 Å². The first-order valence-corrected chi connectivity index (χ1v) is 9.05. The molecule has 0 aromatic heterocycles. The van der Waals surface area contributed by atoms with E-state index in [0.717, 1.165) is 31.3 Å². The fourth-order valence-electron chi connectivity index (χ4n) is 3.03. The molecule has 0 aliphatic carbocycles. The average molecular weight is 338 g/mol. The van der Waals surface area contributed by atoms with Gasteiger partial charge < -0.3 is 15.0 Å². The van der Waals surface area contributed by atoms with Gasteiger partial charge in [-0.05, 0) is 56.1 Å². The molecule has 0 saturated carbocycles. The van der Waals surface area contributed by atoms with Gasteiger partial charge in [-0.15, -0.1) is 0 Å². The van der Waals surface area contributed by atoms with Crippen molar-refractivity contribution in [2.75, 3.05) is 25.0 Å². The second-order valence-corrected chi connectivity index (χ2v) is 6.73. The predicted molar refractivity (Wildman–Crippen MR) is 101 cm³/mol. The quantitative estimate of drug-likeness (QED) is 0.841. The molecule has 0 bridgehead atoms. The zero-order chi connectivity index (χ0) is 17.5. The lowest BCUT2D eigenvalue weighted by Gasteiger charge is -2.29. The lowest BCUT2D eigenvalue weighted by atomic mass is 9.99. The number of nitrogens with zero attached hydrogens (tertiary/aromatic N) is 1. The molecule has 1 amide bonds. The molecule has 132 valence electrons. The molecule has 25 heavy (non-hydrogen) atoms. The Labute approximate surface area is 149 Å². The zero-order valence-electron chi connectivity index (χ0n) is 14.8. The molecule has 4 nitrogen and oxygen atoms in total. The van der Waals surface area contributed by atoms with Crippen LogP contribution < -0.4 is 10.1 Å². The fourth-order valence-corrected chi connectivity index (χ4v) is 3.03. The Bertz CT molecular complexity index is 679. The number of para-hydroxylation sites is 3. The highest BCUT2D eigenvalue weighted by atomic mass is 16.5. The van der Waals surface area contributed by atoms with Crippen LogP contribution in [0.4, 0.5) is 5.69 Å². The molecule has 0 unspecified atom stereocenters. The summed E-state index contributed by atoms with van der Waals surface area (Å²) in [5.74, 6) is 2.26. The van der Waals surface area contributed by atoms with Gasteiger partial charge in [0.1, 0.15) is 5.75 Å². The summed E-state index contributed by atoms with van der Waals surface area (Å²) in [5, 5.41) is 2.99. The number of carbonyl (C=O) groups is 1. The molecule has 0 atom stereocenters. The summed E-state index contributed by atoms with van der Waals surface area (Å²) in [6, 6.07) is 17.1. The molecule has 1 aliphatic rings. The van der Waals surface area contributed by atoms with Crippen molar-refractivity contribution in [3.05, 3.63) is 54.6 Å². The van der Waals surface area contributed by atoms with Crippen LogP contribution in [0.3, 0.4) is 0 Å². The minimum Gasteiger partial charge on any atom is -0.455 e. The van der Waals surface area contributed by atoms with Gasteiger partial charge in [-0.2, -0.15) is 0 Å². The van der Waals surface area contributed by atoms with E-state index in [2.05, 4.69) is 17.1 Å². The monoisotopic (exact) mass is 338 g/mol. The van der Waals surface area contributed by atoms with Crippen LogP contribution in [-0.4, -0.2) is 30.4 Å². The number of likely N-dealkylation sites (tertiary alicyclic amines) is 1. The van der Waals surface area contributed by atoms with Crippen molar-refractivity contribution in [1.82, 2.24) is 4.90 Å². The summed E-state index contributed by atoms with van der Waals surface area (Å²) >= 11 is 0. The van der Waals surface area contributed by atoms with E-state index < -0.39 is 0 Å².